The topological polar surface area (TPSA) is 32.3 Å². The minimum absolute atomic E-state index is 0.0446. The van der Waals surface area contributed by atoms with E-state index in [1.54, 1.807) is 18.2 Å². The molecule has 1 heterocycles. The predicted molar refractivity (Wildman–Crippen MR) is 104 cm³/mol. The SMILES string of the molecule is Cc1cccc(CN2CCC(C(=O)Nc3ccc(Cl)c(Cl)c3)CC2)c1. The van der Waals surface area contributed by atoms with Gasteiger partial charge >= 0.3 is 0 Å². The van der Waals surface area contributed by atoms with E-state index in [2.05, 4.69) is 41.4 Å². The molecule has 0 bridgehead atoms. The van der Waals surface area contributed by atoms with Crippen molar-refractivity contribution in [3.8, 4) is 0 Å². The fourth-order valence-corrected chi connectivity index (χ4v) is 3.54. The lowest BCUT2D eigenvalue weighted by atomic mass is 9.95. The van der Waals surface area contributed by atoms with Crippen LogP contribution in [0.25, 0.3) is 0 Å². The summed E-state index contributed by atoms with van der Waals surface area (Å²) >= 11 is 11.9. The van der Waals surface area contributed by atoms with Gasteiger partial charge in [0, 0.05) is 18.2 Å². The van der Waals surface area contributed by atoms with E-state index in [1.165, 1.54) is 11.1 Å². The zero-order valence-electron chi connectivity index (χ0n) is 14.3. The zero-order chi connectivity index (χ0) is 17.8. The maximum absolute atomic E-state index is 12.5. The van der Waals surface area contributed by atoms with Gasteiger partial charge in [0.1, 0.15) is 0 Å². The predicted octanol–water partition coefficient (Wildman–Crippen LogP) is 5.15. The third-order valence-corrected chi connectivity index (χ3v) is 5.37. The number of nitrogens with zero attached hydrogens (tertiary/aromatic N) is 1. The second kappa shape index (κ2) is 8.22. The number of carbonyl (C=O) groups is 1. The Bertz CT molecular complexity index is 755. The van der Waals surface area contributed by atoms with Crippen LogP contribution in [0.4, 0.5) is 5.69 Å². The van der Waals surface area contributed by atoms with Crippen LogP contribution in [0.2, 0.25) is 10.0 Å². The Kier molecular flexibility index (Phi) is 6.00. The van der Waals surface area contributed by atoms with Crippen molar-refractivity contribution in [2.24, 2.45) is 5.92 Å². The van der Waals surface area contributed by atoms with E-state index >= 15 is 0 Å². The summed E-state index contributed by atoms with van der Waals surface area (Å²) in [5.74, 6) is 0.108. The Balaban J connectivity index is 1.51. The summed E-state index contributed by atoms with van der Waals surface area (Å²) in [6.07, 6.45) is 1.75. The summed E-state index contributed by atoms with van der Waals surface area (Å²) in [5, 5.41) is 3.89. The van der Waals surface area contributed by atoms with Gasteiger partial charge in [0.05, 0.1) is 10.0 Å². The average molecular weight is 377 g/mol. The highest BCUT2D eigenvalue weighted by atomic mass is 35.5. The Morgan fingerprint density at radius 2 is 1.88 bits per heavy atom. The normalized spacial score (nSPS) is 16.0. The van der Waals surface area contributed by atoms with Gasteiger partial charge in [-0.1, -0.05) is 53.0 Å². The van der Waals surface area contributed by atoms with E-state index in [9.17, 15) is 4.79 Å². The largest absolute Gasteiger partial charge is 0.326 e. The fourth-order valence-electron chi connectivity index (χ4n) is 3.24. The Morgan fingerprint density at radius 1 is 1.12 bits per heavy atom. The van der Waals surface area contributed by atoms with Crippen molar-refractivity contribution in [2.75, 3.05) is 18.4 Å². The van der Waals surface area contributed by atoms with E-state index in [1.807, 2.05) is 0 Å². The van der Waals surface area contributed by atoms with Crippen molar-refractivity contribution in [3.05, 3.63) is 63.6 Å². The highest BCUT2D eigenvalue weighted by Gasteiger charge is 2.25. The smallest absolute Gasteiger partial charge is 0.227 e. The molecule has 3 nitrogen and oxygen atoms in total. The molecule has 0 aromatic heterocycles. The van der Waals surface area contributed by atoms with E-state index in [-0.39, 0.29) is 11.8 Å². The van der Waals surface area contributed by atoms with Crippen LogP contribution in [0.5, 0.6) is 0 Å². The molecular weight excluding hydrogens is 355 g/mol. The molecule has 2 aromatic carbocycles. The number of anilines is 1. The van der Waals surface area contributed by atoms with Crippen molar-refractivity contribution in [1.29, 1.82) is 0 Å². The number of hydrogen-bond donors (Lipinski definition) is 1. The molecule has 1 aliphatic heterocycles. The molecule has 0 atom stereocenters. The van der Waals surface area contributed by atoms with Crippen molar-refractivity contribution in [3.63, 3.8) is 0 Å². The molecule has 3 rings (SSSR count). The zero-order valence-corrected chi connectivity index (χ0v) is 15.8. The lowest BCUT2D eigenvalue weighted by Gasteiger charge is -2.31. The van der Waals surface area contributed by atoms with Crippen LogP contribution in [-0.2, 0) is 11.3 Å². The highest BCUT2D eigenvalue weighted by Crippen LogP contribution is 2.26. The molecule has 1 amide bonds. The fraction of sp³-hybridized carbons (Fsp3) is 0.350. The van der Waals surface area contributed by atoms with Gasteiger partial charge in [0.15, 0.2) is 0 Å². The first-order valence-electron chi connectivity index (χ1n) is 8.55. The molecule has 0 spiro atoms. The molecule has 1 saturated heterocycles. The molecule has 1 fully saturated rings. The van der Waals surface area contributed by atoms with Crippen molar-refractivity contribution in [1.82, 2.24) is 4.90 Å². The first kappa shape index (κ1) is 18.2. The maximum atomic E-state index is 12.5. The first-order chi connectivity index (χ1) is 12.0. The van der Waals surface area contributed by atoms with Gasteiger partial charge < -0.3 is 5.32 Å². The molecule has 1 aliphatic rings. The standard InChI is InChI=1S/C20H22Cl2N2O/c1-14-3-2-4-15(11-14)13-24-9-7-16(8-10-24)20(25)23-17-5-6-18(21)19(22)12-17/h2-6,11-12,16H,7-10,13H2,1H3,(H,23,25). The van der Waals surface area contributed by atoms with Gasteiger partial charge in [0.25, 0.3) is 0 Å². The summed E-state index contributed by atoms with van der Waals surface area (Å²) in [4.78, 5) is 14.9. The number of likely N-dealkylation sites (tertiary alicyclic amines) is 1. The van der Waals surface area contributed by atoms with Gasteiger partial charge in [0.2, 0.25) is 5.91 Å². The van der Waals surface area contributed by atoms with Crippen LogP contribution in [0.1, 0.15) is 24.0 Å². The minimum Gasteiger partial charge on any atom is -0.326 e. The number of benzene rings is 2. The molecule has 25 heavy (non-hydrogen) atoms. The van der Waals surface area contributed by atoms with Crippen molar-refractivity contribution in [2.45, 2.75) is 26.3 Å². The molecule has 132 valence electrons. The van der Waals surface area contributed by atoms with Crippen LogP contribution < -0.4 is 5.32 Å². The van der Waals surface area contributed by atoms with Crippen LogP contribution in [-0.4, -0.2) is 23.9 Å². The molecule has 0 radical (unpaired) electrons. The number of rotatable bonds is 4. The highest BCUT2D eigenvalue weighted by molar-refractivity contribution is 6.42. The number of halogens is 2. The van der Waals surface area contributed by atoms with Crippen LogP contribution >= 0.6 is 23.2 Å². The average Bonchev–Trinajstić information content (AvgIpc) is 2.59. The van der Waals surface area contributed by atoms with Gasteiger partial charge in [-0.2, -0.15) is 0 Å². The van der Waals surface area contributed by atoms with Gasteiger partial charge in [-0.3, -0.25) is 9.69 Å². The van der Waals surface area contributed by atoms with Crippen LogP contribution in [0.3, 0.4) is 0 Å². The minimum atomic E-state index is 0.0446. The second-order valence-electron chi connectivity index (χ2n) is 6.66. The van der Waals surface area contributed by atoms with Gasteiger partial charge in [-0.05, 0) is 56.6 Å². The first-order valence-corrected chi connectivity index (χ1v) is 9.30. The quantitative estimate of drug-likeness (QED) is 0.799. The third-order valence-electron chi connectivity index (χ3n) is 4.63. The van der Waals surface area contributed by atoms with Crippen molar-refractivity contribution >= 4 is 34.8 Å². The van der Waals surface area contributed by atoms with E-state index in [0.29, 0.717) is 15.7 Å². The van der Waals surface area contributed by atoms with Crippen molar-refractivity contribution < 1.29 is 4.79 Å². The summed E-state index contributed by atoms with van der Waals surface area (Å²) in [6.45, 7) is 4.94. The van der Waals surface area contributed by atoms with Gasteiger partial charge in [-0.25, -0.2) is 0 Å². The monoisotopic (exact) mass is 376 g/mol. The number of carbonyl (C=O) groups excluding carboxylic acids is 1. The second-order valence-corrected chi connectivity index (χ2v) is 7.47. The Morgan fingerprint density at radius 3 is 2.56 bits per heavy atom. The third kappa shape index (κ3) is 4.97. The molecular formula is C20H22Cl2N2O. The molecule has 1 N–H and O–H groups in total. The Hall–Kier alpha value is -1.55. The number of nitrogens with one attached hydrogen (secondary N) is 1. The molecule has 0 unspecified atom stereocenters. The van der Waals surface area contributed by atoms with E-state index in [0.717, 1.165) is 32.5 Å². The van der Waals surface area contributed by atoms with Gasteiger partial charge in [-0.15, -0.1) is 0 Å². The maximum Gasteiger partial charge on any atom is 0.227 e. The van der Waals surface area contributed by atoms with Crippen LogP contribution in [0.15, 0.2) is 42.5 Å². The Labute approximate surface area is 158 Å². The summed E-state index contributed by atoms with van der Waals surface area (Å²) in [5.41, 5.74) is 3.31. The molecule has 2 aromatic rings. The molecule has 0 saturated carbocycles. The lowest BCUT2D eigenvalue weighted by Crippen LogP contribution is -2.37. The number of aryl methyl sites for hydroxylation is 1. The van der Waals surface area contributed by atoms with Crippen LogP contribution in [0, 0.1) is 12.8 Å². The summed E-state index contributed by atoms with van der Waals surface area (Å²) in [6, 6.07) is 13.8. The number of amides is 1. The number of piperidine rings is 1. The molecule has 0 aliphatic carbocycles. The summed E-state index contributed by atoms with van der Waals surface area (Å²) in [7, 11) is 0. The lowest BCUT2D eigenvalue weighted by molar-refractivity contribution is -0.121. The summed E-state index contributed by atoms with van der Waals surface area (Å²) < 4.78 is 0. The van der Waals surface area contributed by atoms with E-state index in [4.69, 9.17) is 23.2 Å². The number of hydrogen-bond acceptors (Lipinski definition) is 2. The van der Waals surface area contributed by atoms with E-state index < -0.39 is 0 Å². The molecule has 5 heteroatoms.